The van der Waals surface area contributed by atoms with Gasteiger partial charge in [0, 0.05) is 46.5 Å². The van der Waals surface area contributed by atoms with Crippen LogP contribution in [0.2, 0.25) is 0 Å². The average molecular weight is 458 g/mol. The van der Waals surface area contributed by atoms with Crippen molar-refractivity contribution in [2.45, 2.75) is 43.4 Å². The Hall–Kier alpha value is -2.42. The molecule has 8 heteroatoms. The molecule has 2 N–H and O–H groups in total. The van der Waals surface area contributed by atoms with Gasteiger partial charge in [-0.2, -0.15) is 4.31 Å². The Labute approximate surface area is 187 Å². The van der Waals surface area contributed by atoms with E-state index in [4.69, 9.17) is 0 Å². The van der Waals surface area contributed by atoms with Crippen LogP contribution in [0, 0.1) is 6.92 Å². The number of nitrogens with zero attached hydrogens (tertiary/aromatic N) is 1. The van der Waals surface area contributed by atoms with E-state index in [1.54, 1.807) is 10.4 Å². The van der Waals surface area contributed by atoms with Crippen LogP contribution >= 0.6 is 11.3 Å². The van der Waals surface area contributed by atoms with Gasteiger partial charge in [0.25, 0.3) is 15.6 Å². The van der Waals surface area contributed by atoms with E-state index in [2.05, 4.69) is 10.3 Å². The molecule has 1 saturated heterocycles. The van der Waals surface area contributed by atoms with Crippen LogP contribution in [0.5, 0.6) is 0 Å². The SMILES string of the molecule is CCc1cc(-c2ccc(S(=O)(=O)N3CCC[C@H]3CNc3ccccc3)s2)c(C)[nH]c1=O. The lowest BCUT2D eigenvalue weighted by Crippen LogP contribution is -2.39. The number of aryl methyl sites for hydroxylation is 2. The Balaban J connectivity index is 1.57. The molecule has 1 aromatic carbocycles. The fraction of sp³-hybridized carbons (Fsp3) is 0.348. The van der Waals surface area contributed by atoms with Crippen LogP contribution in [-0.4, -0.2) is 36.8 Å². The molecule has 3 heterocycles. The highest BCUT2D eigenvalue weighted by Gasteiger charge is 2.36. The van der Waals surface area contributed by atoms with Gasteiger partial charge in [-0.1, -0.05) is 25.1 Å². The highest BCUT2D eigenvalue weighted by molar-refractivity contribution is 7.91. The van der Waals surface area contributed by atoms with E-state index in [1.165, 1.54) is 11.3 Å². The van der Waals surface area contributed by atoms with Crippen molar-refractivity contribution in [2.24, 2.45) is 0 Å². The quantitative estimate of drug-likeness (QED) is 0.556. The Morgan fingerprint density at radius 2 is 1.97 bits per heavy atom. The van der Waals surface area contributed by atoms with Crippen LogP contribution in [0.1, 0.15) is 31.0 Å². The molecular weight excluding hydrogens is 430 g/mol. The molecule has 0 spiro atoms. The highest BCUT2D eigenvalue weighted by atomic mass is 32.2. The summed E-state index contributed by atoms with van der Waals surface area (Å²) in [7, 11) is -3.58. The lowest BCUT2D eigenvalue weighted by Gasteiger charge is -2.24. The topological polar surface area (TPSA) is 82.3 Å². The van der Waals surface area contributed by atoms with Crippen molar-refractivity contribution in [3.05, 3.63) is 70.1 Å². The number of thiophene rings is 1. The van der Waals surface area contributed by atoms with E-state index < -0.39 is 10.0 Å². The first kappa shape index (κ1) is 21.8. The molecule has 0 bridgehead atoms. The molecule has 6 nitrogen and oxygen atoms in total. The zero-order valence-corrected chi connectivity index (χ0v) is 19.4. The van der Waals surface area contributed by atoms with Crippen molar-refractivity contribution in [3.63, 3.8) is 0 Å². The zero-order valence-electron chi connectivity index (χ0n) is 17.7. The second-order valence-corrected chi connectivity index (χ2v) is 11.0. The standard InChI is InChI=1S/C23H27N3O3S2/c1-3-17-14-20(16(2)25-23(17)27)21-11-12-22(30-21)31(28,29)26-13-7-10-19(26)15-24-18-8-5-4-6-9-18/h4-6,8-9,11-12,14,19,24H,3,7,10,13,15H2,1-2H3,(H,25,27)/t19-/m0/s1. The van der Waals surface area contributed by atoms with Crippen molar-refractivity contribution in [2.75, 3.05) is 18.4 Å². The van der Waals surface area contributed by atoms with Gasteiger partial charge in [-0.05, 0) is 56.5 Å². The van der Waals surface area contributed by atoms with Crippen LogP contribution in [0.25, 0.3) is 10.4 Å². The van der Waals surface area contributed by atoms with E-state index >= 15 is 0 Å². The van der Waals surface area contributed by atoms with Crippen LogP contribution < -0.4 is 10.9 Å². The maximum atomic E-state index is 13.4. The third-order valence-electron chi connectivity index (χ3n) is 5.74. The van der Waals surface area contributed by atoms with Crippen LogP contribution in [0.15, 0.2) is 57.5 Å². The highest BCUT2D eigenvalue weighted by Crippen LogP contribution is 2.35. The summed E-state index contributed by atoms with van der Waals surface area (Å²) < 4.78 is 28.8. The van der Waals surface area contributed by atoms with E-state index in [1.807, 2.05) is 56.3 Å². The van der Waals surface area contributed by atoms with Gasteiger partial charge in [0.1, 0.15) is 4.21 Å². The molecule has 3 aromatic rings. The smallest absolute Gasteiger partial charge is 0.252 e. The summed E-state index contributed by atoms with van der Waals surface area (Å²) in [4.78, 5) is 15.8. The van der Waals surface area contributed by atoms with Gasteiger partial charge < -0.3 is 10.3 Å². The first-order chi connectivity index (χ1) is 14.9. The van der Waals surface area contributed by atoms with E-state index in [9.17, 15) is 13.2 Å². The molecule has 2 aromatic heterocycles. The van der Waals surface area contributed by atoms with E-state index in [-0.39, 0.29) is 11.6 Å². The summed E-state index contributed by atoms with van der Waals surface area (Å²) in [5.41, 5.74) is 3.24. The third kappa shape index (κ3) is 4.46. The molecule has 0 radical (unpaired) electrons. The summed E-state index contributed by atoms with van der Waals surface area (Å²) in [6, 6.07) is 15.2. The first-order valence-electron chi connectivity index (χ1n) is 10.5. The van der Waals surface area contributed by atoms with Crippen LogP contribution in [-0.2, 0) is 16.4 Å². The molecule has 31 heavy (non-hydrogen) atoms. The first-order valence-corrected chi connectivity index (χ1v) is 12.8. The second kappa shape index (κ2) is 8.98. The van der Waals surface area contributed by atoms with Gasteiger partial charge in [-0.25, -0.2) is 8.42 Å². The van der Waals surface area contributed by atoms with Gasteiger partial charge in [0.15, 0.2) is 0 Å². The van der Waals surface area contributed by atoms with Crippen molar-refractivity contribution in [3.8, 4) is 10.4 Å². The molecule has 1 aliphatic rings. The van der Waals surface area contributed by atoms with E-state index in [0.29, 0.717) is 29.3 Å². The van der Waals surface area contributed by atoms with E-state index in [0.717, 1.165) is 34.7 Å². The van der Waals surface area contributed by atoms with Gasteiger partial charge in [0.2, 0.25) is 0 Å². The minimum atomic E-state index is -3.58. The Bertz CT molecular complexity index is 1220. The number of pyridine rings is 1. The maximum Gasteiger partial charge on any atom is 0.252 e. The predicted molar refractivity (Wildman–Crippen MR) is 126 cm³/mol. The van der Waals surface area contributed by atoms with Crippen molar-refractivity contribution in [1.29, 1.82) is 0 Å². The van der Waals surface area contributed by atoms with Crippen LogP contribution in [0.3, 0.4) is 0 Å². The minimum Gasteiger partial charge on any atom is -0.383 e. The number of anilines is 1. The molecule has 1 atom stereocenters. The normalized spacial score (nSPS) is 17.2. The summed E-state index contributed by atoms with van der Waals surface area (Å²) in [6.07, 6.45) is 2.33. The second-order valence-electron chi connectivity index (χ2n) is 7.79. The fourth-order valence-electron chi connectivity index (χ4n) is 4.02. The largest absolute Gasteiger partial charge is 0.383 e. The summed E-state index contributed by atoms with van der Waals surface area (Å²) in [6.45, 7) is 4.90. The molecule has 0 saturated carbocycles. The van der Waals surface area contributed by atoms with Gasteiger partial charge in [-0.3, -0.25) is 4.79 Å². The average Bonchev–Trinajstić information content (AvgIpc) is 3.44. The van der Waals surface area contributed by atoms with Gasteiger partial charge in [0.05, 0.1) is 0 Å². The molecule has 4 rings (SSSR count). The lowest BCUT2D eigenvalue weighted by atomic mass is 10.1. The monoisotopic (exact) mass is 457 g/mol. The molecule has 0 amide bonds. The number of nitrogens with one attached hydrogen (secondary N) is 2. The molecule has 0 unspecified atom stereocenters. The fourth-order valence-corrected chi connectivity index (χ4v) is 7.23. The minimum absolute atomic E-state index is 0.0720. The van der Waals surface area contributed by atoms with Crippen LogP contribution in [0.4, 0.5) is 5.69 Å². The molecule has 164 valence electrons. The number of sulfonamides is 1. The molecule has 0 aliphatic carbocycles. The summed E-state index contributed by atoms with van der Waals surface area (Å²) >= 11 is 1.26. The number of aromatic nitrogens is 1. The molecule has 1 aliphatic heterocycles. The number of aromatic amines is 1. The number of para-hydroxylation sites is 1. The molecular formula is C23H27N3O3S2. The predicted octanol–water partition coefficient (Wildman–Crippen LogP) is 4.24. The number of benzene rings is 1. The van der Waals surface area contributed by atoms with Crippen molar-refractivity contribution >= 4 is 27.0 Å². The van der Waals surface area contributed by atoms with Gasteiger partial charge in [-0.15, -0.1) is 11.3 Å². The number of hydrogen-bond acceptors (Lipinski definition) is 5. The van der Waals surface area contributed by atoms with Crippen molar-refractivity contribution < 1.29 is 8.42 Å². The van der Waals surface area contributed by atoms with Crippen molar-refractivity contribution in [1.82, 2.24) is 9.29 Å². The third-order valence-corrected chi connectivity index (χ3v) is 9.28. The molecule has 1 fully saturated rings. The Morgan fingerprint density at radius 1 is 1.19 bits per heavy atom. The summed E-state index contributed by atoms with van der Waals surface area (Å²) in [5, 5.41) is 3.36. The lowest BCUT2D eigenvalue weighted by molar-refractivity contribution is 0.400. The Kier molecular flexibility index (Phi) is 6.31. The zero-order chi connectivity index (χ0) is 22.0. The van der Waals surface area contributed by atoms with Gasteiger partial charge >= 0.3 is 0 Å². The Morgan fingerprint density at radius 3 is 2.71 bits per heavy atom. The maximum absolute atomic E-state index is 13.4. The number of hydrogen-bond donors (Lipinski definition) is 2. The summed E-state index contributed by atoms with van der Waals surface area (Å²) in [5.74, 6) is 0. The number of rotatable bonds is 7. The number of H-pyrrole nitrogens is 1.